The van der Waals surface area contributed by atoms with Gasteiger partial charge in [0.05, 0.1) is 7.11 Å². The monoisotopic (exact) mass is 324 g/mol. The molecule has 0 aromatic heterocycles. The van der Waals surface area contributed by atoms with Crippen LogP contribution < -0.4 is 0 Å². The van der Waals surface area contributed by atoms with Crippen molar-refractivity contribution < 1.29 is 19.7 Å². The minimum atomic E-state index is -0.208. The Hall–Kier alpha value is -1.55. The number of phenolic OH excluding ortho intramolecular Hbond substituents is 1. The second kappa shape index (κ2) is 14.1. The summed E-state index contributed by atoms with van der Waals surface area (Å²) in [6.45, 7) is 4.42. The molecule has 0 heterocycles. The summed E-state index contributed by atoms with van der Waals surface area (Å²) >= 11 is 0. The van der Waals surface area contributed by atoms with E-state index in [2.05, 4.69) is 4.74 Å². The summed E-state index contributed by atoms with van der Waals surface area (Å²) in [5, 5.41) is 18.0. The molecule has 1 aliphatic rings. The number of aryl methyl sites for hydroxylation is 1. The standard InChI is InChI=1S/C11H14O3.C6H12O.C2H6/c1-14-11(13)8-4-6-9-5-2-3-7-10(9)12;7-5-6-3-1-2-4-6;1-2/h2-3,5,7,12H,4,6,8H2,1H3;6-7H,1-5H2;1-2H3. The van der Waals surface area contributed by atoms with Gasteiger partial charge in [0.15, 0.2) is 0 Å². The van der Waals surface area contributed by atoms with Gasteiger partial charge in [-0.15, -0.1) is 0 Å². The minimum absolute atomic E-state index is 0.208. The number of ether oxygens (including phenoxy) is 1. The van der Waals surface area contributed by atoms with Crippen molar-refractivity contribution in [3.8, 4) is 5.75 Å². The third-order valence-electron chi connectivity index (χ3n) is 3.78. The predicted octanol–water partition coefficient (Wildman–Crippen LogP) is 4.08. The number of para-hydroxylation sites is 1. The molecule has 23 heavy (non-hydrogen) atoms. The number of aromatic hydroxyl groups is 1. The molecule has 1 aromatic rings. The van der Waals surface area contributed by atoms with Gasteiger partial charge < -0.3 is 14.9 Å². The highest BCUT2D eigenvalue weighted by Crippen LogP contribution is 2.23. The third kappa shape index (κ3) is 9.95. The molecule has 4 heteroatoms. The molecule has 0 bridgehead atoms. The fraction of sp³-hybridized carbons (Fsp3) is 0.632. The highest BCUT2D eigenvalue weighted by Gasteiger charge is 2.12. The Labute approximate surface area is 140 Å². The summed E-state index contributed by atoms with van der Waals surface area (Å²) in [7, 11) is 1.38. The molecule has 4 nitrogen and oxygen atoms in total. The molecule has 1 aromatic carbocycles. The molecule has 1 saturated carbocycles. The maximum atomic E-state index is 10.8. The Balaban J connectivity index is 0.000000449. The lowest BCUT2D eigenvalue weighted by atomic mass is 10.1. The maximum absolute atomic E-state index is 10.8. The Kier molecular flexibility index (Phi) is 13.1. The van der Waals surface area contributed by atoms with Gasteiger partial charge in [0.25, 0.3) is 0 Å². The number of phenols is 1. The number of rotatable bonds is 5. The van der Waals surface area contributed by atoms with Crippen LogP contribution in [0, 0.1) is 5.92 Å². The average Bonchev–Trinajstić information content (AvgIpc) is 3.12. The molecule has 0 amide bonds. The zero-order valence-corrected chi connectivity index (χ0v) is 14.8. The quantitative estimate of drug-likeness (QED) is 0.801. The molecular formula is C19H32O4. The molecule has 2 rings (SSSR count). The van der Waals surface area contributed by atoms with Crippen molar-refractivity contribution in [1.29, 1.82) is 0 Å². The van der Waals surface area contributed by atoms with Gasteiger partial charge in [-0.2, -0.15) is 0 Å². The molecule has 132 valence electrons. The fourth-order valence-electron chi connectivity index (χ4n) is 2.44. The van der Waals surface area contributed by atoms with E-state index >= 15 is 0 Å². The lowest BCUT2D eigenvalue weighted by molar-refractivity contribution is -0.140. The summed E-state index contributed by atoms with van der Waals surface area (Å²) in [5.74, 6) is 0.734. The van der Waals surface area contributed by atoms with Crippen molar-refractivity contribution in [3.05, 3.63) is 29.8 Å². The zero-order valence-electron chi connectivity index (χ0n) is 14.8. The smallest absolute Gasteiger partial charge is 0.305 e. The summed E-state index contributed by atoms with van der Waals surface area (Å²) in [6, 6.07) is 7.15. The van der Waals surface area contributed by atoms with E-state index in [1.807, 2.05) is 26.0 Å². The Morgan fingerprint density at radius 1 is 1.22 bits per heavy atom. The van der Waals surface area contributed by atoms with E-state index < -0.39 is 0 Å². The van der Waals surface area contributed by atoms with Gasteiger partial charge in [-0.3, -0.25) is 4.79 Å². The molecular weight excluding hydrogens is 292 g/mol. The van der Waals surface area contributed by atoms with Crippen molar-refractivity contribution in [2.45, 2.75) is 58.8 Å². The SMILES string of the molecule is CC.COC(=O)CCCc1ccccc1O.OCC1CCCC1. The first-order valence-corrected chi connectivity index (χ1v) is 8.62. The molecule has 0 spiro atoms. The largest absolute Gasteiger partial charge is 0.508 e. The van der Waals surface area contributed by atoms with Crippen LogP contribution in [0.15, 0.2) is 24.3 Å². The van der Waals surface area contributed by atoms with Gasteiger partial charge in [0.2, 0.25) is 0 Å². The van der Waals surface area contributed by atoms with E-state index in [0.29, 0.717) is 31.8 Å². The van der Waals surface area contributed by atoms with Crippen LogP contribution in [-0.2, 0) is 16.0 Å². The molecule has 0 unspecified atom stereocenters. The summed E-state index contributed by atoms with van der Waals surface area (Å²) < 4.78 is 4.52. The Bertz CT molecular complexity index is 412. The Morgan fingerprint density at radius 3 is 2.30 bits per heavy atom. The van der Waals surface area contributed by atoms with E-state index in [4.69, 9.17) is 5.11 Å². The van der Waals surface area contributed by atoms with Gasteiger partial charge in [0, 0.05) is 13.0 Å². The van der Waals surface area contributed by atoms with Gasteiger partial charge in [-0.25, -0.2) is 0 Å². The topological polar surface area (TPSA) is 66.8 Å². The fourth-order valence-corrected chi connectivity index (χ4v) is 2.44. The highest BCUT2D eigenvalue weighted by molar-refractivity contribution is 5.69. The van der Waals surface area contributed by atoms with Crippen molar-refractivity contribution in [1.82, 2.24) is 0 Å². The predicted molar refractivity (Wildman–Crippen MR) is 93.5 cm³/mol. The number of carbonyl (C=O) groups is 1. The molecule has 0 atom stereocenters. The number of benzene rings is 1. The van der Waals surface area contributed by atoms with Crippen LogP contribution in [0.2, 0.25) is 0 Å². The second-order valence-corrected chi connectivity index (χ2v) is 5.39. The van der Waals surface area contributed by atoms with Crippen molar-refractivity contribution in [3.63, 3.8) is 0 Å². The summed E-state index contributed by atoms with van der Waals surface area (Å²) in [5.41, 5.74) is 0.872. The van der Waals surface area contributed by atoms with E-state index in [9.17, 15) is 9.90 Å². The number of aliphatic hydroxyl groups is 1. The first kappa shape index (κ1) is 21.4. The molecule has 1 fully saturated rings. The lowest BCUT2D eigenvalue weighted by Crippen LogP contribution is -2.00. The van der Waals surface area contributed by atoms with Crippen molar-refractivity contribution >= 4 is 5.97 Å². The van der Waals surface area contributed by atoms with Gasteiger partial charge in [0.1, 0.15) is 5.75 Å². The zero-order chi connectivity index (χ0) is 17.5. The number of hydrogen-bond acceptors (Lipinski definition) is 4. The number of hydrogen-bond donors (Lipinski definition) is 2. The van der Waals surface area contributed by atoms with Crippen LogP contribution in [0.5, 0.6) is 5.75 Å². The van der Waals surface area contributed by atoms with Crippen molar-refractivity contribution in [2.24, 2.45) is 5.92 Å². The lowest BCUT2D eigenvalue weighted by Gasteiger charge is -2.02. The van der Waals surface area contributed by atoms with E-state index in [0.717, 1.165) is 5.56 Å². The molecule has 0 radical (unpaired) electrons. The number of esters is 1. The minimum Gasteiger partial charge on any atom is -0.508 e. The van der Waals surface area contributed by atoms with Crippen LogP contribution in [0.3, 0.4) is 0 Å². The first-order chi connectivity index (χ1) is 11.2. The summed E-state index contributed by atoms with van der Waals surface area (Å²) in [6.07, 6.45) is 6.99. The number of methoxy groups -OCH3 is 1. The third-order valence-corrected chi connectivity index (χ3v) is 3.78. The molecule has 0 aliphatic heterocycles. The molecule has 0 saturated heterocycles. The highest BCUT2D eigenvalue weighted by atomic mass is 16.5. The van der Waals surface area contributed by atoms with Gasteiger partial charge in [-0.05, 0) is 43.2 Å². The van der Waals surface area contributed by atoms with Crippen LogP contribution in [0.4, 0.5) is 0 Å². The molecule has 1 aliphatic carbocycles. The number of aliphatic hydroxyl groups excluding tert-OH is 1. The van der Waals surface area contributed by atoms with E-state index in [1.54, 1.807) is 12.1 Å². The van der Waals surface area contributed by atoms with Crippen LogP contribution in [0.1, 0.15) is 57.9 Å². The van der Waals surface area contributed by atoms with Crippen LogP contribution >= 0.6 is 0 Å². The average molecular weight is 324 g/mol. The first-order valence-electron chi connectivity index (χ1n) is 8.62. The van der Waals surface area contributed by atoms with E-state index in [-0.39, 0.29) is 11.7 Å². The Morgan fingerprint density at radius 2 is 1.83 bits per heavy atom. The summed E-state index contributed by atoms with van der Waals surface area (Å²) in [4.78, 5) is 10.8. The van der Waals surface area contributed by atoms with E-state index in [1.165, 1.54) is 32.8 Å². The maximum Gasteiger partial charge on any atom is 0.305 e. The van der Waals surface area contributed by atoms with Crippen molar-refractivity contribution in [2.75, 3.05) is 13.7 Å². The number of carbonyl (C=O) groups excluding carboxylic acids is 1. The normalized spacial score (nSPS) is 13.4. The van der Waals surface area contributed by atoms with Gasteiger partial charge in [-0.1, -0.05) is 44.9 Å². The van der Waals surface area contributed by atoms with Crippen LogP contribution in [-0.4, -0.2) is 29.9 Å². The van der Waals surface area contributed by atoms with Crippen LogP contribution in [0.25, 0.3) is 0 Å². The van der Waals surface area contributed by atoms with Gasteiger partial charge >= 0.3 is 5.97 Å². The molecule has 2 N–H and O–H groups in total. The second-order valence-electron chi connectivity index (χ2n) is 5.39.